The van der Waals surface area contributed by atoms with Gasteiger partial charge in [-0.05, 0) is 41.8 Å². The molecule has 0 radical (unpaired) electrons. The number of benzene rings is 1. The van der Waals surface area contributed by atoms with Crippen molar-refractivity contribution in [3.8, 4) is 5.88 Å². The van der Waals surface area contributed by atoms with Crippen LogP contribution >= 0.6 is 0 Å². The first-order valence-electron chi connectivity index (χ1n) is 8.93. The molecule has 2 aromatic heterocycles. The van der Waals surface area contributed by atoms with Crippen molar-refractivity contribution in [2.75, 3.05) is 37.5 Å². The number of nitrogen functional groups attached to an aromatic ring is 1. The van der Waals surface area contributed by atoms with Gasteiger partial charge in [0.15, 0.2) is 5.69 Å². The van der Waals surface area contributed by atoms with E-state index in [1.54, 1.807) is 24.4 Å². The standard InChI is InChI=1S/C20H20N4O4/c21-17-2-1-6-22-18(17)19(25)24-14-3-4-16-13(10-14)5-7-23-20(16)28-12-15-11-26-8-9-27-15/h1-7,10,15H,8-9,11-12,21H2,(H,24,25). The smallest absolute Gasteiger partial charge is 0.276 e. The summed E-state index contributed by atoms with van der Waals surface area (Å²) in [5, 5.41) is 4.54. The van der Waals surface area contributed by atoms with E-state index in [0.29, 0.717) is 43.7 Å². The molecule has 3 heterocycles. The number of ether oxygens (including phenoxy) is 3. The number of rotatable bonds is 5. The molecular formula is C20H20N4O4. The van der Waals surface area contributed by atoms with Crippen molar-refractivity contribution in [2.45, 2.75) is 6.10 Å². The lowest BCUT2D eigenvalue weighted by molar-refractivity contribution is -0.101. The number of pyridine rings is 2. The topological polar surface area (TPSA) is 109 Å². The maximum Gasteiger partial charge on any atom is 0.276 e. The lowest BCUT2D eigenvalue weighted by atomic mass is 10.1. The SMILES string of the molecule is Nc1cccnc1C(=O)Nc1ccc2c(OCC3COCCO3)nccc2c1. The van der Waals surface area contributed by atoms with Crippen LogP contribution in [0.5, 0.6) is 5.88 Å². The average molecular weight is 380 g/mol. The minimum atomic E-state index is -0.363. The quantitative estimate of drug-likeness (QED) is 0.699. The summed E-state index contributed by atoms with van der Waals surface area (Å²) >= 11 is 0. The number of amides is 1. The fourth-order valence-corrected chi connectivity index (χ4v) is 2.95. The zero-order valence-electron chi connectivity index (χ0n) is 15.1. The van der Waals surface area contributed by atoms with Crippen LogP contribution in [0.2, 0.25) is 0 Å². The summed E-state index contributed by atoms with van der Waals surface area (Å²) in [6.07, 6.45) is 3.09. The van der Waals surface area contributed by atoms with E-state index in [1.807, 2.05) is 18.2 Å². The van der Waals surface area contributed by atoms with Crippen molar-refractivity contribution >= 4 is 28.1 Å². The van der Waals surface area contributed by atoms with Gasteiger partial charge in [-0.15, -0.1) is 0 Å². The van der Waals surface area contributed by atoms with Crippen LogP contribution in [0.1, 0.15) is 10.5 Å². The molecule has 1 amide bonds. The molecule has 144 valence electrons. The molecule has 1 aliphatic heterocycles. The molecule has 0 spiro atoms. The van der Waals surface area contributed by atoms with Gasteiger partial charge in [-0.1, -0.05) is 0 Å². The predicted molar refractivity (Wildman–Crippen MR) is 104 cm³/mol. The van der Waals surface area contributed by atoms with Gasteiger partial charge in [0.05, 0.1) is 25.5 Å². The second kappa shape index (κ2) is 8.20. The van der Waals surface area contributed by atoms with Crippen LogP contribution < -0.4 is 15.8 Å². The molecule has 3 N–H and O–H groups in total. The number of carbonyl (C=O) groups is 1. The molecular weight excluding hydrogens is 360 g/mol. The van der Waals surface area contributed by atoms with Gasteiger partial charge in [0.1, 0.15) is 12.7 Å². The van der Waals surface area contributed by atoms with Gasteiger partial charge < -0.3 is 25.3 Å². The Kier molecular flexibility index (Phi) is 5.31. The van der Waals surface area contributed by atoms with Crippen LogP contribution in [0.3, 0.4) is 0 Å². The lowest BCUT2D eigenvalue weighted by Gasteiger charge is -2.22. The molecule has 0 saturated carbocycles. The molecule has 3 aromatic rings. The van der Waals surface area contributed by atoms with E-state index in [4.69, 9.17) is 19.9 Å². The summed E-state index contributed by atoms with van der Waals surface area (Å²) in [7, 11) is 0. The zero-order valence-corrected chi connectivity index (χ0v) is 15.1. The van der Waals surface area contributed by atoms with E-state index >= 15 is 0 Å². The van der Waals surface area contributed by atoms with Crippen LogP contribution in [-0.2, 0) is 9.47 Å². The molecule has 0 aliphatic carbocycles. The first-order chi connectivity index (χ1) is 13.7. The van der Waals surface area contributed by atoms with Crippen molar-refractivity contribution in [3.05, 3.63) is 54.5 Å². The molecule has 8 heteroatoms. The highest BCUT2D eigenvalue weighted by atomic mass is 16.6. The van der Waals surface area contributed by atoms with Gasteiger partial charge >= 0.3 is 0 Å². The van der Waals surface area contributed by atoms with E-state index in [9.17, 15) is 4.79 Å². The van der Waals surface area contributed by atoms with Gasteiger partial charge in [0.2, 0.25) is 5.88 Å². The number of anilines is 2. The van der Waals surface area contributed by atoms with Crippen molar-refractivity contribution in [2.24, 2.45) is 0 Å². The Morgan fingerprint density at radius 1 is 1.21 bits per heavy atom. The lowest BCUT2D eigenvalue weighted by Crippen LogP contribution is -2.33. The van der Waals surface area contributed by atoms with Crippen LogP contribution in [0.4, 0.5) is 11.4 Å². The minimum absolute atomic E-state index is 0.104. The maximum atomic E-state index is 12.4. The first-order valence-corrected chi connectivity index (χ1v) is 8.93. The Bertz CT molecular complexity index is 989. The van der Waals surface area contributed by atoms with Gasteiger partial charge in [-0.3, -0.25) is 4.79 Å². The average Bonchev–Trinajstić information content (AvgIpc) is 2.73. The summed E-state index contributed by atoms with van der Waals surface area (Å²) in [4.78, 5) is 20.7. The van der Waals surface area contributed by atoms with Gasteiger partial charge in [0, 0.05) is 23.5 Å². The Balaban J connectivity index is 1.50. The van der Waals surface area contributed by atoms with Crippen LogP contribution in [0, 0.1) is 0 Å². The second-order valence-corrected chi connectivity index (χ2v) is 6.33. The molecule has 4 rings (SSSR count). The molecule has 1 saturated heterocycles. The molecule has 1 aliphatic rings. The largest absolute Gasteiger partial charge is 0.474 e. The van der Waals surface area contributed by atoms with Crippen LogP contribution in [0.25, 0.3) is 10.8 Å². The fourth-order valence-electron chi connectivity index (χ4n) is 2.95. The van der Waals surface area contributed by atoms with E-state index in [2.05, 4.69) is 15.3 Å². The van der Waals surface area contributed by atoms with Gasteiger partial charge in [-0.2, -0.15) is 0 Å². The third-order valence-corrected chi connectivity index (χ3v) is 4.33. The normalized spacial score (nSPS) is 16.6. The molecule has 0 bridgehead atoms. The van der Waals surface area contributed by atoms with Gasteiger partial charge in [-0.25, -0.2) is 9.97 Å². The molecule has 1 unspecified atom stereocenters. The van der Waals surface area contributed by atoms with E-state index in [-0.39, 0.29) is 17.7 Å². The molecule has 28 heavy (non-hydrogen) atoms. The number of hydrogen-bond donors (Lipinski definition) is 2. The fraction of sp³-hybridized carbons (Fsp3) is 0.250. The predicted octanol–water partition coefficient (Wildman–Crippen LogP) is 2.26. The zero-order chi connectivity index (χ0) is 19.3. The Labute approximate surface area is 161 Å². The highest BCUT2D eigenvalue weighted by molar-refractivity contribution is 6.07. The molecule has 1 fully saturated rings. The second-order valence-electron chi connectivity index (χ2n) is 6.33. The number of nitrogens with two attached hydrogens (primary N) is 1. The van der Waals surface area contributed by atoms with Crippen LogP contribution in [0.15, 0.2) is 48.8 Å². The number of aromatic nitrogens is 2. The summed E-state index contributed by atoms with van der Waals surface area (Å²) < 4.78 is 16.8. The van der Waals surface area contributed by atoms with Crippen molar-refractivity contribution < 1.29 is 19.0 Å². The third-order valence-electron chi connectivity index (χ3n) is 4.33. The first kappa shape index (κ1) is 18.1. The van der Waals surface area contributed by atoms with Crippen molar-refractivity contribution in [3.63, 3.8) is 0 Å². The van der Waals surface area contributed by atoms with E-state index < -0.39 is 0 Å². The number of nitrogens with one attached hydrogen (secondary N) is 1. The minimum Gasteiger partial charge on any atom is -0.474 e. The summed E-state index contributed by atoms with van der Waals surface area (Å²) in [6.45, 7) is 2.06. The summed E-state index contributed by atoms with van der Waals surface area (Å²) in [5.74, 6) is 0.149. The molecule has 8 nitrogen and oxygen atoms in total. The number of hydrogen-bond acceptors (Lipinski definition) is 7. The number of nitrogens with zero attached hydrogens (tertiary/aromatic N) is 2. The third kappa shape index (κ3) is 4.03. The molecule has 1 atom stereocenters. The summed E-state index contributed by atoms with van der Waals surface area (Å²) in [5.41, 5.74) is 6.96. The monoisotopic (exact) mass is 380 g/mol. The Morgan fingerprint density at radius 2 is 2.14 bits per heavy atom. The Morgan fingerprint density at radius 3 is 2.96 bits per heavy atom. The number of carbonyl (C=O) groups excluding carboxylic acids is 1. The van der Waals surface area contributed by atoms with Crippen molar-refractivity contribution in [1.29, 1.82) is 0 Å². The summed E-state index contributed by atoms with van der Waals surface area (Å²) in [6, 6.07) is 10.7. The van der Waals surface area contributed by atoms with Crippen molar-refractivity contribution in [1.82, 2.24) is 9.97 Å². The maximum absolute atomic E-state index is 12.4. The highest BCUT2D eigenvalue weighted by Crippen LogP contribution is 2.26. The van der Waals surface area contributed by atoms with Gasteiger partial charge in [0.25, 0.3) is 5.91 Å². The Hall–Kier alpha value is -3.23. The number of fused-ring (bicyclic) bond motifs is 1. The molecule has 1 aromatic carbocycles. The van der Waals surface area contributed by atoms with E-state index in [0.717, 1.165) is 10.8 Å². The highest BCUT2D eigenvalue weighted by Gasteiger charge is 2.16. The van der Waals surface area contributed by atoms with Crippen LogP contribution in [-0.4, -0.2) is 48.4 Å². The van der Waals surface area contributed by atoms with E-state index in [1.165, 1.54) is 6.20 Å².